The van der Waals surface area contributed by atoms with Crippen molar-refractivity contribution in [2.45, 2.75) is 51.1 Å². The molecule has 3 heterocycles. The average molecular weight is 322 g/mol. The molecular formula is C14H20N5O4+. The Balaban J connectivity index is 2.31. The van der Waals surface area contributed by atoms with Crippen LogP contribution in [-0.2, 0) is 10.5 Å². The van der Waals surface area contributed by atoms with E-state index in [0.29, 0.717) is 17.0 Å². The Bertz CT molecular complexity index is 800. The number of hydrogen-bond donors (Lipinski definition) is 4. The molecule has 3 atom stereocenters. The maximum absolute atomic E-state index is 11.6. The van der Waals surface area contributed by atoms with Gasteiger partial charge in [0.1, 0.15) is 0 Å². The lowest BCUT2D eigenvalue weighted by Crippen LogP contribution is -2.75. The van der Waals surface area contributed by atoms with Crippen LogP contribution >= 0.6 is 0 Å². The second-order valence-corrected chi connectivity index (χ2v) is 6.51. The molecule has 0 spiro atoms. The lowest BCUT2D eigenvalue weighted by molar-refractivity contribution is -0.807. The van der Waals surface area contributed by atoms with E-state index in [1.807, 2.05) is 18.4 Å². The van der Waals surface area contributed by atoms with Crippen LogP contribution in [-0.4, -0.2) is 47.5 Å². The van der Waals surface area contributed by atoms with Gasteiger partial charge in [0.15, 0.2) is 11.6 Å². The summed E-state index contributed by atoms with van der Waals surface area (Å²) < 4.78 is 3.15. The zero-order valence-electron chi connectivity index (χ0n) is 13.3. The molecule has 0 radical (unpaired) electrons. The first kappa shape index (κ1) is 15.6. The van der Waals surface area contributed by atoms with E-state index in [0.717, 1.165) is 0 Å². The van der Waals surface area contributed by atoms with E-state index in [1.54, 1.807) is 6.33 Å². The number of aromatic nitrogens is 4. The van der Waals surface area contributed by atoms with Crippen LogP contribution < -0.4 is 9.88 Å². The highest BCUT2D eigenvalue weighted by Crippen LogP contribution is 2.33. The molecule has 2 aromatic rings. The molecule has 4 N–H and O–H groups in total. The molecule has 2 aromatic heterocycles. The lowest BCUT2D eigenvalue weighted by atomic mass is 9.85. The molecule has 0 bridgehead atoms. The molecule has 1 aliphatic heterocycles. The summed E-state index contributed by atoms with van der Waals surface area (Å²) in [4.78, 5) is 20.3. The van der Waals surface area contributed by atoms with E-state index in [2.05, 4.69) is 15.3 Å². The maximum atomic E-state index is 11.6. The smallest absolute Gasteiger partial charge is 0.346 e. The van der Waals surface area contributed by atoms with Crippen molar-refractivity contribution in [3.05, 3.63) is 12.7 Å². The molecule has 0 aromatic carbocycles. The molecule has 124 valence electrons. The van der Waals surface area contributed by atoms with Gasteiger partial charge in [0.2, 0.25) is 23.2 Å². The number of imidazole rings is 1. The maximum Gasteiger partial charge on any atom is 0.346 e. The van der Waals surface area contributed by atoms with Crippen LogP contribution in [0.1, 0.15) is 33.7 Å². The van der Waals surface area contributed by atoms with Crippen molar-refractivity contribution in [3.8, 4) is 0 Å². The summed E-state index contributed by atoms with van der Waals surface area (Å²) in [7, 11) is 0. The van der Waals surface area contributed by atoms with Crippen molar-refractivity contribution in [2.24, 2.45) is 0 Å². The van der Waals surface area contributed by atoms with Crippen molar-refractivity contribution in [1.82, 2.24) is 14.5 Å². The van der Waals surface area contributed by atoms with Crippen LogP contribution in [0.25, 0.3) is 11.2 Å². The van der Waals surface area contributed by atoms with E-state index < -0.39 is 23.3 Å². The van der Waals surface area contributed by atoms with E-state index in [-0.39, 0.29) is 6.04 Å². The average Bonchev–Trinajstić information content (AvgIpc) is 2.89. The first-order valence-electron chi connectivity index (χ1n) is 7.30. The molecule has 0 aliphatic carbocycles. The van der Waals surface area contributed by atoms with Gasteiger partial charge >= 0.3 is 5.97 Å². The van der Waals surface area contributed by atoms with Crippen molar-refractivity contribution >= 4 is 23.0 Å². The number of nitrogens with zero attached hydrogens (tertiary/aromatic N) is 4. The monoisotopic (exact) mass is 322 g/mol. The first-order chi connectivity index (χ1) is 10.6. The summed E-state index contributed by atoms with van der Waals surface area (Å²) in [5, 5.41) is 33.4. The number of carbonyl (C=O) groups is 1. The fourth-order valence-electron chi connectivity index (χ4n) is 2.94. The highest BCUT2D eigenvalue weighted by atomic mass is 16.4. The van der Waals surface area contributed by atoms with Crippen molar-refractivity contribution in [1.29, 1.82) is 0 Å². The predicted molar refractivity (Wildman–Crippen MR) is 79.6 cm³/mol. The van der Waals surface area contributed by atoms with Gasteiger partial charge in [0.05, 0.1) is 6.33 Å². The molecule has 23 heavy (non-hydrogen) atoms. The number of rotatable bonds is 2. The molecule has 0 amide bonds. The van der Waals surface area contributed by atoms with Gasteiger partial charge in [-0.15, -0.1) is 0 Å². The van der Waals surface area contributed by atoms with Crippen LogP contribution in [0.4, 0.5) is 5.82 Å². The second-order valence-electron chi connectivity index (χ2n) is 6.51. The molecule has 0 fully saturated rings. The van der Waals surface area contributed by atoms with E-state index in [9.17, 15) is 20.1 Å². The third-order valence-corrected chi connectivity index (χ3v) is 4.46. The Labute approximate surface area is 132 Å². The van der Waals surface area contributed by atoms with Crippen molar-refractivity contribution in [3.63, 3.8) is 0 Å². The molecule has 9 heteroatoms. The Morgan fingerprint density at radius 1 is 1.43 bits per heavy atom. The fourth-order valence-corrected chi connectivity index (χ4v) is 2.94. The van der Waals surface area contributed by atoms with E-state index >= 15 is 0 Å². The Morgan fingerprint density at radius 2 is 2.09 bits per heavy atom. The van der Waals surface area contributed by atoms with Crippen molar-refractivity contribution < 1.29 is 24.7 Å². The van der Waals surface area contributed by atoms with Gasteiger partial charge in [-0.2, -0.15) is 0 Å². The van der Waals surface area contributed by atoms with Gasteiger partial charge in [-0.3, -0.25) is 9.88 Å². The first-order valence-corrected chi connectivity index (χ1v) is 7.30. The van der Waals surface area contributed by atoms with Crippen LogP contribution in [0, 0.1) is 0 Å². The minimum absolute atomic E-state index is 0.121. The van der Waals surface area contributed by atoms with Crippen LogP contribution in [0.3, 0.4) is 0 Å². The largest absolute Gasteiger partial charge is 0.478 e. The Kier molecular flexibility index (Phi) is 3.14. The number of aliphatic hydroxyl groups excluding tert-OH is 1. The number of carboxylic acids is 1. The number of anilines is 1. The normalized spacial score (nSPS) is 30.3. The number of carboxylic acid groups (broad SMARTS) is 1. The summed E-state index contributed by atoms with van der Waals surface area (Å²) in [6, 6.07) is 0.121. The number of fused-ring (bicyclic) bond motifs is 3. The van der Waals surface area contributed by atoms with Gasteiger partial charge in [-0.05, 0) is 20.8 Å². The standard InChI is InChI=1S/C14H19N5O4/c1-7(2)18-5-15-8-9(18)16-6-19-10(8)17-13(3,12(21)22)11(20)14(19,4)23/h5-7,11,20,23H,1-4H3,(H,21,22)/p+1/t11-,13+,14-/m1/s1. The SMILES string of the molecule is CC(C)n1cnc2c3[n+](cnc21)[C@](C)(O)[C@H](O)[C@@](C)(C(=O)O)N3. The van der Waals surface area contributed by atoms with Gasteiger partial charge in [0.25, 0.3) is 5.82 Å². The van der Waals surface area contributed by atoms with Crippen LogP contribution in [0.5, 0.6) is 0 Å². The lowest BCUT2D eigenvalue weighted by Gasteiger charge is -2.41. The summed E-state index contributed by atoms with van der Waals surface area (Å²) in [5.74, 6) is -0.973. The highest BCUT2D eigenvalue weighted by Gasteiger charge is 2.59. The zero-order valence-corrected chi connectivity index (χ0v) is 13.3. The molecular weight excluding hydrogens is 302 g/mol. The van der Waals surface area contributed by atoms with Gasteiger partial charge in [-0.1, -0.05) is 4.98 Å². The molecule has 0 unspecified atom stereocenters. The quantitative estimate of drug-likeness (QED) is 0.554. The summed E-state index contributed by atoms with van der Waals surface area (Å²) in [6.07, 6.45) is 1.40. The number of aliphatic hydroxyl groups is 2. The highest BCUT2D eigenvalue weighted by molar-refractivity contribution is 5.88. The molecule has 9 nitrogen and oxygen atoms in total. The van der Waals surface area contributed by atoms with Crippen LogP contribution in [0.15, 0.2) is 12.7 Å². The van der Waals surface area contributed by atoms with Crippen LogP contribution in [0.2, 0.25) is 0 Å². The number of aliphatic carboxylic acids is 1. The summed E-state index contributed by atoms with van der Waals surface area (Å²) >= 11 is 0. The minimum atomic E-state index is -1.85. The van der Waals surface area contributed by atoms with Gasteiger partial charge in [0, 0.05) is 13.0 Å². The Morgan fingerprint density at radius 3 is 2.65 bits per heavy atom. The third kappa shape index (κ3) is 1.93. The van der Waals surface area contributed by atoms with Crippen molar-refractivity contribution in [2.75, 3.05) is 5.32 Å². The zero-order chi connectivity index (χ0) is 17.2. The van der Waals surface area contributed by atoms with E-state index in [1.165, 1.54) is 24.7 Å². The topological polar surface area (TPSA) is 124 Å². The molecule has 0 saturated carbocycles. The predicted octanol–water partition coefficient (Wildman–Crippen LogP) is -0.406. The molecule has 0 saturated heterocycles. The second kappa shape index (κ2) is 4.62. The molecule has 3 rings (SSSR count). The van der Waals surface area contributed by atoms with Gasteiger partial charge < -0.3 is 15.3 Å². The number of nitrogens with one attached hydrogen (secondary N) is 1. The number of hydrogen-bond acceptors (Lipinski definition) is 6. The summed E-state index contributed by atoms with van der Waals surface area (Å²) in [6.45, 7) is 6.62. The fraction of sp³-hybridized carbons (Fsp3) is 0.571. The van der Waals surface area contributed by atoms with E-state index in [4.69, 9.17) is 0 Å². The minimum Gasteiger partial charge on any atom is -0.478 e. The molecule has 1 aliphatic rings. The Hall–Kier alpha value is -2.26. The third-order valence-electron chi connectivity index (χ3n) is 4.46. The summed E-state index contributed by atoms with van der Waals surface area (Å²) in [5.41, 5.74) is -2.62. The van der Waals surface area contributed by atoms with Gasteiger partial charge in [-0.25, -0.2) is 14.3 Å².